The predicted octanol–water partition coefficient (Wildman–Crippen LogP) is 2.99. The number of piperidine rings is 1. The molecule has 3 aromatic rings. The first-order chi connectivity index (χ1) is 12.8. The second-order valence-corrected chi connectivity index (χ2v) is 6.61. The third-order valence-corrected chi connectivity index (χ3v) is 5.09. The molecule has 7 nitrogen and oxygen atoms in total. The third kappa shape index (κ3) is 3.15. The molecule has 1 fully saturated rings. The molecular weight excluding hydrogens is 354 g/mol. The van der Waals surface area contributed by atoms with Gasteiger partial charge in [0, 0.05) is 18.7 Å². The van der Waals surface area contributed by atoms with E-state index in [9.17, 15) is 4.79 Å². The van der Waals surface area contributed by atoms with Crippen LogP contribution in [0, 0.1) is 0 Å². The first-order valence-corrected chi connectivity index (χ1v) is 8.87. The Kier molecular flexibility index (Phi) is 4.81. The molecular formula is C18H18ClN5O2. The Morgan fingerprint density at radius 3 is 2.69 bits per heavy atom. The molecule has 134 valence electrons. The van der Waals surface area contributed by atoms with Crippen LogP contribution in [0.25, 0.3) is 11.0 Å². The molecule has 1 aromatic carbocycles. The van der Waals surface area contributed by atoms with Crippen LogP contribution in [0.3, 0.4) is 0 Å². The first kappa shape index (κ1) is 16.9. The number of nitrogens with zero attached hydrogens (tertiary/aromatic N) is 5. The van der Waals surface area contributed by atoms with E-state index < -0.39 is 0 Å². The van der Waals surface area contributed by atoms with Gasteiger partial charge in [-0.25, -0.2) is 14.6 Å². The van der Waals surface area contributed by atoms with Gasteiger partial charge in [-0.05, 0) is 12.8 Å². The lowest BCUT2D eigenvalue weighted by atomic mass is 10.0. The number of hydrogen-bond donors (Lipinski definition) is 0. The van der Waals surface area contributed by atoms with Gasteiger partial charge in [0.2, 0.25) is 0 Å². The van der Waals surface area contributed by atoms with Crippen molar-refractivity contribution in [3.8, 4) is 0 Å². The van der Waals surface area contributed by atoms with Crippen molar-refractivity contribution in [3.63, 3.8) is 0 Å². The van der Waals surface area contributed by atoms with Gasteiger partial charge in [-0.2, -0.15) is 5.10 Å². The Labute approximate surface area is 155 Å². The van der Waals surface area contributed by atoms with Crippen LogP contribution in [-0.2, 0) is 9.53 Å². The number of rotatable bonds is 5. The van der Waals surface area contributed by atoms with Gasteiger partial charge in [0.05, 0.1) is 17.6 Å². The molecule has 0 radical (unpaired) electrons. The van der Waals surface area contributed by atoms with Gasteiger partial charge in [0.1, 0.15) is 11.5 Å². The Balaban J connectivity index is 1.51. The molecule has 0 spiro atoms. The highest BCUT2D eigenvalue weighted by molar-refractivity contribution is 6.33. The maximum Gasteiger partial charge on any atom is 0.294 e. The molecule has 1 saturated heterocycles. The molecule has 1 unspecified atom stereocenters. The standard InChI is InChI=1S/C18H18ClN5O2/c19-16-15-10-22-24(17(15)21-11-20-16)14-6-8-23(9-7-14)18(26-12-25)13-4-2-1-3-5-13/h1-5,10-12,14,18H,6-9H2. The van der Waals surface area contributed by atoms with Crippen LogP contribution in [0.1, 0.15) is 30.7 Å². The molecule has 1 atom stereocenters. The molecule has 0 aliphatic carbocycles. The molecule has 0 amide bonds. The van der Waals surface area contributed by atoms with E-state index in [1.807, 2.05) is 35.0 Å². The summed E-state index contributed by atoms with van der Waals surface area (Å²) < 4.78 is 7.29. The number of hydrogen-bond acceptors (Lipinski definition) is 6. The quantitative estimate of drug-likeness (QED) is 0.507. The van der Waals surface area contributed by atoms with Crippen LogP contribution in [0.15, 0.2) is 42.9 Å². The Hall–Kier alpha value is -2.51. The largest absolute Gasteiger partial charge is 0.444 e. The molecule has 0 saturated carbocycles. The lowest BCUT2D eigenvalue weighted by Gasteiger charge is -2.36. The summed E-state index contributed by atoms with van der Waals surface area (Å²) >= 11 is 6.11. The first-order valence-electron chi connectivity index (χ1n) is 8.49. The van der Waals surface area contributed by atoms with Gasteiger partial charge in [-0.3, -0.25) is 9.69 Å². The highest BCUT2D eigenvalue weighted by Gasteiger charge is 2.29. The summed E-state index contributed by atoms with van der Waals surface area (Å²) in [6.45, 7) is 2.10. The highest BCUT2D eigenvalue weighted by Crippen LogP contribution is 2.31. The zero-order valence-corrected chi connectivity index (χ0v) is 14.8. The fraction of sp³-hybridized carbons (Fsp3) is 0.333. The van der Waals surface area contributed by atoms with Crippen molar-refractivity contribution in [1.29, 1.82) is 0 Å². The summed E-state index contributed by atoms with van der Waals surface area (Å²) in [5.74, 6) is 0. The normalized spacial score (nSPS) is 17.3. The van der Waals surface area contributed by atoms with Crippen LogP contribution >= 0.6 is 11.6 Å². The molecule has 3 heterocycles. The number of halogens is 1. The number of carbonyl (C=O) groups is 1. The Morgan fingerprint density at radius 2 is 1.96 bits per heavy atom. The van der Waals surface area contributed by atoms with Gasteiger partial charge in [0.25, 0.3) is 6.47 Å². The molecule has 2 aromatic heterocycles. The van der Waals surface area contributed by atoms with E-state index >= 15 is 0 Å². The van der Waals surface area contributed by atoms with Crippen molar-refractivity contribution in [1.82, 2.24) is 24.6 Å². The number of ether oxygens (including phenoxy) is 1. The second kappa shape index (κ2) is 7.39. The van der Waals surface area contributed by atoms with Crippen molar-refractivity contribution < 1.29 is 9.53 Å². The third-order valence-electron chi connectivity index (χ3n) is 4.79. The summed E-state index contributed by atoms with van der Waals surface area (Å²) in [5, 5.41) is 5.65. The number of benzene rings is 1. The number of carbonyl (C=O) groups excluding carboxylic acids is 1. The van der Waals surface area contributed by atoms with E-state index in [0.29, 0.717) is 11.6 Å². The van der Waals surface area contributed by atoms with Crippen LogP contribution in [0.4, 0.5) is 0 Å². The maximum absolute atomic E-state index is 11.0. The number of fused-ring (bicyclic) bond motifs is 1. The Bertz CT molecular complexity index is 893. The minimum atomic E-state index is -0.360. The van der Waals surface area contributed by atoms with Crippen molar-refractivity contribution in [2.75, 3.05) is 13.1 Å². The fourth-order valence-electron chi connectivity index (χ4n) is 3.51. The summed E-state index contributed by atoms with van der Waals surface area (Å²) in [4.78, 5) is 21.5. The topological polar surface area (TPSA) is 73.1 Å². The fourth-order valence-corrected chi connectivity index (χ4v) is 3.69. The van der Waals surface area contributed by atoms with Gasteiger partial charge >= 0.3 is 0 Å². The minimum absolute atomic E-state index is 0.224. The van der Waals surface area contributed by atoms with Crippen LogP contribution in [0.2, 0.25) is 5.15 Å². The molecule has 8 heteroatoms. The molecule has 1 aliphatic rings. The molecule has 4 rings (SSSR count). The van der Waals surface area contributed by atoms with E-state index in [2.05, 4.69) is 20.0 Å². The minimum Gasteiger partial charge on any atom is -0.444 e. The summed E-state index contributed by atoms with van der Waals surface area (Å²) in [6.07, 6.45) is 4.57. The number of aromatic nitrogens is 4. The van der Waals surface area contributed by atoms with E-state index in [0.717, 1.165) is 42.5 Å². The zero-order valence-electron chi connectivity index (χ0n) is 14.0. The monoisotopic (exact) mass is 371 g/mol. The van der Waals surface area contributed by atoms with E-state index in [1.165, 1.54) is 6.33 Å². The maximum atomic E-state index is 11.0. The smallest absolute Gasteiger partial charge is 0.294 e. The van der Waals surface area contributed by atoms with Crippen LogP contribution < -0.4 is 0 Å². The highest BCUT2D eigenvalue weighted by atomic mass is 35.5. The lowest BCUT2D eigenvalue weighted by Crippen LogP contribution is -2.38. The van der Waals surface area contributed by atoms with Crippen molar-refractivity contribution in [2.45, 2.75) is 25.1 Å². The van der Waals surface area contributed by atoms with Crippen molar-refractivity contribution in [2.24, 2.45) is 0 Å². The van der Waals surface area contributed by atoms with E-state index in [4.69, 9.17) is 16.3 Å². The van der Waals surface area contributed by atoms with Gasteiger partial charge in [-0.1, -0.05) is 41.9 Å². The molecule has 0 N–H and O–H groups in total. The van der Waals surface area contributed by atoms with Crippen molar-refractivity contribution in [3.05, 3.63) is 53.6 Å². The summed E-state index contributed by atoms with van der Waals surface area (Å²) in [5.41, 5.74) is 1.73. The van der Waals surface area contributed by atoms with E-state index in [-0.39, 0.29) is 12.3 Å². The van der Waals surface area contributed by atoms with Gasteiger partial charge in [0.15, 0.2) is 11.9 Å². The predicted molar refractivity (Wildman–Crippen MR) is 96.5 cm³/mol. The average Bonchev–Trinajstić information content (AvgIpc) is 3.13. The summed E-state index contributed by atoms with van der Waals surface area (Å²) in [7, 11) is 0. The Morgan fingerprint density at radius 1 is 1.19 bits per heavy atom. The zero-order chi connectivity index (χ0) is 17.9. The van der Waals surface area contributed by atoms with Gasteiger partial charge < -0.3 is 4.74 Å². The number of likely N-dealkylation sites (tertiary alicyclic amines) is 1. The van der Waals surface area contributed by atoms with Crippen LogP contribution in [0.5, 0.6) is 0 Å². The SMILES string of the molecule is O=COC(c1ccccc1)N1CCC(n2ncc3c(Cl)ncnc32)CC1. The average molecular weight is 372 g/mol. The van der Waals surface area contributed by atoms with E-state index in [1.54, 1.807) is 6.20 Å². The second-order valence-electron chi connectivity index (χ2n) is 6.25. The van der Waals surface area contributed by atoms with Crippen molar-refractivity contribution >= 4 is 29.1 Å². The molecule has 26 heavy (non-hydrogen) atoms. The summed E-state index contributed by atoms with van der Waals surface area (Å²) in [6, 6.07) is 10.0. The van der Waals surface area contributed by atoms with Gasteiger partial charge in [-0.15, -0.1) is 0 Å². The van der Waals surface area contributed by atoms with Crippen LogP contribution in [-0.4, -0.2) is 44.2 Å². The molecule has 1 aliphatic heterocycles. The lowest BCUT2D eigenvalue weighted by molar-refractivity contribution is -0.145. The molecule has 0 bridgehead atoms.